The van der Waals surface area contributed by atoms with Gasteiger partial charge in [0, 0.05) is 22.6 Å². The summed E-state index contributed by atoms with van der Waals surface area (Å²) in [6.45, 7) is 1.94. The molecule has 0 saturated carbocycles. The van der Waals surface area contributed by atoms with E-state index in [1.807, 2.05) is 6.07 Å². The van der Waals surface area contributed by atoms with Crippen molar-refractivity contribution in [2.45, 2.75) is 13.5 Å². The first-order valence-corrected chi connectivity index (χ1v) is 5.91. The van der Waals surface area contributed by atoms with Crippen LogP contribution in [-0.2, 0) is 11.3 Å². The highest BCUT2D eigenvalue weighted by Crippen LogP contribution is 2.16. The quantitative estimate of drug-likeness (QED) is 0.379. The average Bonchev–Trinajstić information content (AvgIpc) is 2.26. The van der Waals surface area contributed by atoms with Gasteiger partial charge < -0.3 is 10.5 Å². The molecule has 16 heavy (non-hydrogen) atoms. The van der Waals surface area contributed by atoms with Crippen LogP contribution in [-0.4, -0.2) is 16.3 Å². The molecule has 0 atom stereocenters. The Morgan fingerprint density at radius 1 is 1.62 bits per heavy atom. The fourth-order valence-corrected chi connectivity index (χ4v) is 1.92. The van der Waals surface area contributed by atoms with Crippen LogP contribution >= 0.6 is 34.2 Å². The monoisotopic (exact) mass is 352 g/mol. The lowest BCUT2D eigenvalue weighted by Gasteiger charge is -2.06. The minimum atomic E-state index is -0.0742. The maximum atomic E-state index is 10.8. The smallest absolute Gasteiger partial charge is 0.217 e. The van der Waals surface area contributed by atoms with Gasteiger partial charge in [-0.15, -0.1) is 0 Å². The van der Waals surface area contributed by atoms with E-state index in [4.69, 9.17) is 16.8 Å². The van der Waals surface area contributed by atoms with Crippen molar-refractivity contribution >= 4 is 45.3 Å². The molecule has 0 unspecified atom stereocenters. The molecule has 0 spiro atoms. The number of carbonyl (C=O) groups is 1. The second-order valence-corrected chi connectivity index (χ2v) is 4.63. The first-order valence-electron chi connectivity index (χ1n) is 4.45. The normalized spacial score (nSPS) is 11.3. The van der Waals surface area contributed by atoms with Gasteiger partial charge in [0.15, 0.2) is 5.17 Å². The van der Waals surface area contributed by atoms with Crippen molar-refractivity contribution < 1.29 is 10.0 Å². The van der Waals surface area contributed by atoms with Crippen molar-refractivity contribution in [1.82, 2.24) is 5.32 Å². The summed E-state index contributed by atoms with van der Waals surface area (Å²) in [6, 6.07) is 5.36. The van der Waals surface area contributed by atoms with Gasteiger partial charge in [-0.3, -0.25) is 4.79 Å². The van der Waals surface area contributed by atoms with Crippen molar-refractivity contribution in [3.8, 4) is 0 Å². The predicted octanol–water partition coefficient (Wildman–Crippen LogP) is 2.30. The molecule has 0 radical (unpaired) electrons. The van der Waals surface area contributed by atoms with E-state index in [1.165, 1.54) is 6.92 Å². The number of carbonyl (C=O) groups excluding carboxylic acids is 1. The van der Waals surface area contributed by atoms with Crippen LogP contribution in [0.1, 0.15) is 18.1 Å². The van der Waals surface area contributed by atoms with Crippen LogP contribution < -0.4 is 5.32 Å². The van der Waals surface area contributed by atoms with Gasteiger partial charge in [0.1, 0.15) is 0 Å². The molecule has 0 aliphatic rings. The van der Waals surface area contributed by atoms with E-state index in [1.54, 1.807) is 12.1 Å². The van der Waals surface area contributed by atoms with Crippen LogP contribution in [0.4, 0.5) is 0 Å². The van der Waals surface area contributed by atoms with E-state index in [-0.39, 0.29) is 11.1 Å². The van der Waals surface area contributed by atoms with Crippen LogP contribution in [0.15, 0.2) is 23.4 Å². The summed E-state index contributed by atoms with van der Waals surface area (Å²) >= 11 is 7.81. The highest BCUT2D eigenvalue weighted by atomic mass is 127. The van der Waals surface area contributed by atoms with Gasteiger partial charge in [-0.25, -0.2) is 0 Å². The molecule has 0 bridgehead atoms. The molecular formula is C10H10ClIN2O2. The summed E-state index contributed by atoms with van der Waals surface area (Å²) in [4.78, 5) is 10.8. The first-order chi connectivity index (χ1) is 7.54. The van der Waals surface area contributed by atoms with Crippen LogP contribution in [0.25, 0.3) is 0 Å². The fourth-order valence-electron chi connectivity index (χ4n) is 1.10. The molecule has 1 aromatic rings. The Labute approximate surface area is 112 Å². The van der Waals surface area contributed by atoms with Crippen LogP contribution in [0, 0.1) is 3.57 Å². The van der Waals surface area contributed by atoms with Gasteiger partial charge in [-0.05, 0) is 34.2 Å². The molecule has 1 aromatic carbocycles. The van der Waals surface area contributed by atoms with Crippen LogP contribution in [0.2, 0.25) is 0 Å². The maximum absolute atomic E-state index is 10.8. The summed E-state index contributed by atoms with van der Waals surface area (Å²) < 4.78 is 0.950. The van der Waals surface area contributed by atoms with Crippen LogP contribution in [0.3, 0.4) is 0 Å². The van der Waals surface area contributed by atoms with Gasteiger partial charge >= 0.3 is 0 Å². The summed E-state index contributed by atoms with van der Waals surface area (Å²) in [5, 5.41) is 14.2. The lowest BCUT2D eigenvalue weighted by Crippen LogP contribution is -2.19. The van der Waals surface area contributed by atoms with E-state index in [2.05, 4.69) is 33.1 Å². The molecule has 0 aliphatic heterocycles. The first kappa shape index (κ1) is 13.2. The van der Waals surface area contributed by atoms with Crippen molar-refractivity contribution in [2.75, 3.05) is 0 Å². The highest BCUT2D eigenvalue weighted by Gasteiger charge is 2.05. The van der Waals surface area contributed by atoms with Crippen molar-refractivity contribution in [3.05, 3.63) is 32.9 Å². The van der Waals surface area contributed by atoms with Gasteiger partial charge in [0.2, 0.25) is 5.91 Å². The van der Waals surface area contributed by atoms with Gasteiger partial charge in [-0.2, -0.15) is 0 Å². The lowest BCUT2D eigenvalue weighted by molar-refractivity contribution is -0.119. The molecule has 6 heteroatoms. The van der Waals surface area contributed by atoms with Gasteiger partial charge in [0.05, 0.1) is 0 Å². The number of halogens is 2. The third-order valence-electron chi connectivity index (χ3n) is 1.91. The fraction of sp³-hybridized carbons (Fsp3) is 0.200. The molecule has 2 N–H and O–H groups in total. The van der Waals surface area contributed by atoms with Crippen molar-refractivity contribution in [1.29, 1.82) is 0 Å². The predicted molar refractivity (Wildman–Crippen MR) is 70.9 cm³/mol. The van der Waals surface area contributed by atoms with E-state index in [9.17, 15) is 4.79 Å². The minimum Gasteiger partial charge on any atom is -0.410 e. The van der Waals surface area contributed by atoms with Gasteiger partial charge in [-0.1, -0.05) is 28.9 Å². The van der Waals surface area contributed by atoms with Crippen molar-refractivity contribution in [2.24, 2.45) is 5.16 Å². The number of hydrogen-bond donors (Lipinski definition) is 2. The van der Waals surface area contributed by atoms with Crippen molar-refractivity contribution in [3.63, 3.8) is 0 Å². The summed E-state index contributed by atoms with van der Waals surface area (Å²) in [6.07, 6.45) is 0. The molecule has 0 aliphatic carbocycles. The number of oxime groups is 1. The zero-order valence-corrected chi connectivity index (χ0v) is 11.4. The Morgan fingerprint density at radius 2 is 2.31 bits per heavy atom. The van der Waals surface area contributed by atoms with E-state index in [0.29, 0.717) is 12.1 Å². The number of benzene rings is 1. The summed E-state index contributed by atoms with van der Waals surface area (Å²) in [7, 11) is 0. The number of amides is 1. The average molecular weight is 353 g/mol. The second-order valence-electron chi connectivity index (χ2n) is 3.11. The maximum Gasteiger partial charge on any atom is 0.217 e. The Bertz CT molecular complexity index is 435. The largest absolute Gasteiger partial charge is 0.410 e. The summed E-state index contributed by atoms with van der Waals surface area (Å²) in [5.41, 5.74) is 1.63. The second kappa shape index (κ2) is 6.05. The number of rotatable bonds is 3. The highest BCUT2D eigenvalue weighted by molar-refractivity contribution is 14.1. The van der Waals surface area contributed by atoms with E-state index in [0.717, 1.165) is 9.13 Å². The number of nitrogens with zero attached hydrogens (tertiary/aromatic N) is 1. The molecule has 0 saturated heterocycles. The zero-order chi connectivity index (χ0) is 12.1. The SMILES string of the molecule is CC(=O)NCc1ccc(C(Cl)=NO)cc1I. The minimum absolute atomic E-state index is 0.0454. The van der Waals surface area contributed by atoms with Crippen LogP contribution in [0.5, 0.6) is 0 Å². The van der Waals surface area contributed by atoms with Gasteiger partial charge in [0.25, 0.3) is 0 Å². The summed E-state index contributed by atoms with van der Waals surface area (Å²) in [5.74, 6) is -0.0742. The van der Waals surface area contributed by atoms with E-state index < -0.39 is 0 Å². The number of hydrogen-bond acceptors (Lipinski definition) is 3. The Morgan fingerprint density at radius 3 is 2.81 bits per heavy atom. The molecule has 0 fully saturated rings. The lowest BCUT2D eigenvalue weighted by atomic mass is 10.1. The third kappa shape index (κ3) is 3.64. The van der Waals surface area contributed by atoms with E-state index >= 15 is 0 Å². The zero-order valence-electron chi connectivity index (χ0n) is 8.50. The Hall–Kier alpha value is -0.820. The Kier molecular flexibility index (Phi) is 5.01. The topological polar surface area (TPSA) is 61.7 Å². The molecule has 1 rings (SSSR count). The Balaban J connectivity index is 2.87. The molecule has 0 aromatic heterocycles. The number of nitrogens with one attached hydrogen (secondary N) is 1. The standard InChI is InChI=1S/C10H10ClIN2O2/c1-6(15)13-5-8-3-2-7(4-9(8)12)10(11)14-16/h2-4,16H,5H2,1H3,(H,13,15). The molecule has 1 amide bonds. The molecule has 0 heterocycles. The molecule has 86 valence electrons. The third-order valence-corrected chi connectivity index (χ3v) is 3.20. The molecular weight excluding hydrogens is 342 g/mol. The molecule has 4 nitrogen and oxygen atoms in total.